The van der Waals surface area contributed by atoms with Crippen LogP contribution in [0.15, 0.2) is 24.3 Å². The second-order valence-corrected chi connectivity index (χ2v) is 5.42. The van der Waals surface area contributed by atoms with Crippen molar-refractivity contribution in [3.63, 3.8) is 0 Å². The van der Waals surface area contributed by atoms with Crippen LogP contribution in [0.2, 0.25) is 0 Å². The number of hydrogen-bond acceptors (Lipinski definition) is 1. The molecular weight excluding hydrogens is 236 g/mol. The van der Waals surface area contributed by atoms with Gasteiger partial charge < -0.3 is 5.32 Å². The first-order chi connectivity index (χ1) is 9.20. The molecule has 0 saturated heterocycles. The second-order valence-electron chi connectivity index (χ2n) is 5.42. The quantitative estimate of drug-likeness (QED) is 0.879. The van der Waals surface area contributed by atoms with Gasteiger partial charge in [0.25, 0.3) is 0 Å². The first-order valence-corrected chi connectivity index (χ1v) is 7.32. The van der Waals surface area contributed by atoms with Gasteiger partial charge in [0.05, 0.1) is 0 Å². The van der Waals surface area contributed by atoms with Crippen LogP contribution in [0.3, 0.4) is 0 Å². The average molecular weight is 260 g/mol. The lowest BCUT2D eigenvalue weighted by Crippen LogP contribution is -2.41. The van der Waals surface area contributed by atoms with Gasteiger partial charge in [-0.25, -0.2) is 4.79 Å². The molecule has 0 bridgehead atoms. The Bertz CT molecular complexity index is 425. The highest BCUT2D eigenvalue weighted by atomic mass is 16.2. The molecule has 0 radical (unpaired) electrons. The second kappa shape index (κ2) is 6.60. The summed E-state index contributed by atoms with van der Waals surface area (Å²) in [6.07, 6.45) is 5.15. The molecule has 0 unspecified atom stereocenters. The summed E-state index contributed by atoms with van der Waals surface area (Å²) in [5.41, 5.74) is 2.16. The van der Waals surface area contributed by atoms with Crippen molar-refractivity contribution in [3.05, 3.63) is 29.8 Å². The van der Waals surface area contributed by atoms with Crippen molar-refractivity contribution in [2.45, 2.75) is 39.5 Å². The number of hydrogen-bond donors (Lipinski definition) is 1. The largest absolute Gasteiger partial charge is 0.337 e. The van der Waals surface area contributed by atoms with Crippen molar-refractivity contribution in [1.29, 1.82) is 0 Å². The Morgan fingerprint density at radius 1 is 1.37 bits per heavy atom. The number of nitrogens with zero attached hydrogens (tertiary/aromatic N) is 1. The van der Waals surface area contributed by atoms with Gasteiger partial charge in [0.2, 0.25) is 0 Å². The zero-order valence-electron chi connectivity index (χ0n) is 12.0. The van der Waals surface area contributed by atoms with E-state index >= 15 is 0 Å². The van der Waals surface area contributed by atoms with Crippen molar-refractivity contribution >= 4 is 11.7 Å². The smallest absolute Gasteiger partial charge is 0.321 e. The number of rotatable bonds is 4. The van der Waals surface area contributed by atoms with E-state index in [4.69, 9.17) is 0 Å². The number of carbonyl (C=O) groups excluding carboxylic acids is 1. The van der Waals surface area contributed by atoms with E-state index in [-0.39, 0.29) is 6.03 Å². The summed E-state index contributed by atoms with van der Waals surface area (Å²) in [5.74, 6) is 0.681. The van der Waals surface area contributed by atoms with Gasteiger partial charge in [-0.05, 0) is 50.3 Å². The lowest BCUT2D eigenvalue weighted by molar-refractivity contribution is 0.244. The average Bonchev–Trinajstić information content (AvgIpc) is 2.90. The van der Waals surface area contributed by atoms with Crippen molar-refractivity contribution in [1.82, 2.24) is 5.32 Å². The molecule has 2 amide bonds. The lowest BCUT2D eigenvalue weighted by atomic mass is 10.1. The standard InChI is InChI=1S/C16H24N2O/c1-3-18(15-10-6-7-13(2)11-15)16(19)17-12-14-8-4-5-9-14/h6-7,10-11,14H,3-5,8-9,12H2,1-2H3,(H,17,19). The minimum atomic E-state index is 0.0278. The van der Waals surface area contributed by atoms with Crippen LogP contribution in [0, 0.1) is 12.8 Å². The van der Waals surface area contributed by atoms with Crippen molar-refractivity contribution < 1.29 is 4.79 Å². The molecule has 0 aliphatic heterocycles. The van der Waals surface area contributed by atoms with Gasteiger partial charge in [-0.2, -0.15) is 0 Å². The number of carbonyl (C=O) groups is 1. The third-order valence-corrected chi connectivity index (χ3v) is 3.89. The Morgan fingerprint density at radius 2 is 2.11 bits per heavy atom. The normalized spacial score (nSPS) is 15.5. The Hall–Kier alpha value is -1.51. The first-order valence-electron chi connectivity index (χ1n) is 7.32. The zero-order chi connectivity index (χ0) is 13.7. The molecule has 1 aliphatic carbocycles. The fourth-order valence-corrected chi connectivity index (χ4v) is 2.78. The van der Waals surface area contributed by atoms with Gasteiger partial charge in [0.1, 0.15) is 0 Å². The van der Waals surface area contributed by atoms with Gasteiger partial charge in [0.15, 0.2) is 0 Å². The van der Waals surface area contributed by atoms with Crippen LogP contribution >= 0.6 is 0 Å². The number of aryl methyl sites for hydroxylation is 1. The number of amides is 2. The van der Waals surface area contributed by atoms with E-state index in [9.17, 15) is 4.79 Å². The van der Waals surface area contributed by atoms with Crippen LogP contribution < -0.4 is 10.2 Å². The fourth-order valence-electron chi connectivity index (χ4n) is 2.78. The molecule has 3 nitrogen and oxygen atoms in total. The van der Waals surface area contributed by atoms with Crippen LogP contribution in [0.4, 0.5) is 10.5 Å². The molecule has 1 fully saturated rings. The molecule has 1 aromatic rings. The molecule has 104 valence electrons. The van der Waals surface area contributed by atoms with E-state index in [0.29, 0.717) is 12.5 Å². The van der Waals surface area contributed by atoms with Crippen LogP contribution in [-0.2, 0) is 0 Å². The highest BCUT2D eigenvalue weighted by molar-refractivity contribution is 5.91. The van der Waals surface area contributed by atoms with E-state index in [1.165, 1.54) is 31.2 Å². The molecule has 1 saturated carbocycles. The predicted molar refractivity (Wildman–Crippen MR) is 79.6 cm³/mol. The third-order valence-electron chi connectivity index (χ3n) is 3.89. The minimum absolute atomic E-state index is 0.0278. The maximum Gasteiger partial charge on any atom is 0.321 e. The van der Waals surface area contributed by atoms with Gasteiger partial charge >= 0.3 is 6.03 Å². The van der Waals surface area contributed by atoms with E-state index in [1.807, 2.05) is 36.9 Å². The van der Waals surface area contributed by atoms with Crippen molar-refractivity contribution in [2.75, 3.05) is 18.0 Å². The number of nitrogens with one attached hydrogen (secondary N) is 1. The van der Waals surface area contributed by atoms with Crippen molar-refractivity contribution in [3.8, 4) is 0 Å². The summed E-state index contributed by atoms with van der Waals surface area (Å²) in [6, 6.07) is 8.12. The molecular formula is C16H24N2O. The molecule has 19 heavy (non-hydrogen) atoms. The van der Waals surface area contributed by atoms with E-state index in [0.717, 1.165) is 12.2 Å². The van der Waals surface area contributed by atoms with Gasteiger partial charge in [-0.1, -0.05) is 25.0 Å². The van der Waals surface area contributed by atoms with Crippen LogP contribution in [0.1, 0.15) is 38.2 Å². The Labute approximate surface area is 116 Å². The highest BCUT2D eigenvalue weighted by Gasteiger charge is 2.18. The summed E-state index contributed by atoms with van der Waals surface area (Å²) in [4.78, 5) is 14.1. The summed E-state index contributed by atoms with van der Waals surface area (Å²) in [6.45, 7) is 5.58. The van der Waals surface area contributed by atoms with Crippen LogP contribution in [0.25, 0.3) is 0 Å². The van der Waals surface area contributed by atoms with E-state index in [1.54, 1.807) is 0 Å². The highest BCUT2D eigenvalue weighted by Crippen LogP contribution is 2.24. The molecule has 1 aliphatic rings. The number of urea groups is 1. The van der Waals surface area contributed by atoms with E-state index < -0.39 is 0 Å². The lowest BCUT2D eigenvalue weighted by Gasteiger charge is -2.23. The topological polar surface area (TPSA) is 32.3 Å². The maximum absolute atomic E-state index is 12.3. The Kier molecular flexibility index (Phi) is 4.83. The first kappa shape index (κ1) is 13.9. The Balaban J connectivity index is 1.94. The molecule has 0 heterocycles. The Morgan fingerprint density at radius 3 is 2.74 bits per heavy atom. The summed E-state index contributed by atoms with van der Waals surface area (Å²) < 4.78 is 0. The van der Waals surface area contributed by atoms with Crippen LogP contribution in [0.5, 0.6) is 0 Å². The molecule has 1 aromatic carbocycles. The third kappa shape index (κ3) is 3.72. The molecule has 1 N–H and O–H groups in total. The van der Waals surface area contributed by atoms with E-state index in [2.05, 4.69) is 11.4 Å². The van der Waals surface area contributed by atoms with Crippen LogP contribution in [-0.4, -0.2) is 19.1 Å². The minimum Gasteiger partial charge on any atom is -0.337 e. The monoisotopic (exact) mass is 260 g/mol. The number of anilines is 1. The van der Waals surface area contributed by atoms with Gasteiger partial charge in [-0.3, -0.25) is 4.90 Å². The summed E-state index contributed by atoms with van der Waals surface area (Å²) in [7, 11) is 0. The van der Waals surface area contributed by atoms with Crippen molar-refractivity contribution in [2.24, 2.45) is 5.92 Å². The van der Waals surface area contributed by atoms with Gasteiger partial charge in [-0.15, -0.1) is 0 Å². The van der Waals surface area contributed by atoms with Gasteiger partial charge in [0, 0.05) is 18.8 Å². The molecule has 0 spiro atoms. The summed E-state index contributed by atoms with van der Waals surface area (Å²) in [5, 5.41) is 3.08. The fraction of sp³-hybridized carbons (Fsp3) is 0.562. The molecule has 2 rings (SSSR count). The zero-order valence-corrected chi connectivity index (χ0v) is 12.0. The molecule has 3 heteroatoms. The number of benzene rings is 1. The maximum atomic E-state index is 12.3. The summed E-state index contributed by atoms with van der Waals surface area (Å²) >= 11 is 0. The SMILES string of the molecule is CCN(C(=O)NCC1CCCC1)c1cccc(C)c1. The predicted octanol–water partition coefficient (Wildman–Crippen LogP) is 3.72. The molecule has 0 aromatic heterocycles. The molecule has 0 atom stereocenters.